The van der Waals surface area contributed by atoms with Gasteiger partial charge in [0.2, 0.25) is 0 Å². The van der Waals surface area contributed by atoms with E-state index in [1.807, 2.05) is 0 Å². The molecule has 0 atom stereocenters. The van der Waals surface area contributed by atoms with E-state index < -0.39 is 17.1 Å². The van der Waals surface area contributed by atoms with E-state index in [9.17, 15) is 8.42 Å². The van der Waals surface area contributed by atoms with Crippen molar-refractivity contribution in [3.05, 3.63) is 0 Å². The van der Waals surface area contributed by atoms with Crippen LogP contribution in [0.25, 0.3) is 0 Å². The van der Waals surface area contributed by atoms with Gasteiger partial charge < -0.3 is 4.55 Å². The molecule has 0 aromatic rings. The van der Waals surface area contributed by atoms with Gasteiger partial charge in [0.05, 0.1) is 9.97 Å². The molecule has 0 spiro atoms. The Labute approximate surface area is 59.5 Å². The molecule has 6 heteroatoms. The largest absolute Gasteiger partial charge is 1.00 e. The molecule has 1 N–H and O–H groups in total. The van der Waals surface area contributed by atoms with E-state index in [4.69, 9.17) is 4.55 Å². The second kappa shape index (κ2) is 3.04. The van der Waals surface area contributed by atoms with Crippen LogP contribution in [-0.2, 0) is 9.97 Å². The SMILES string of the molecule is [BH3-]S(=O)(=O)O.[Na+]. The molecule has 0 bridgehead atoms. The summed E-state index contributed by atoms with van der Waals surface area (Å²) in [5.74, 6) is 0. The van der Waals surface area contributed by atoms with Crippen LogP contribution < -0.4 is 29.6 Å². The maximum atomic E-state index is 9.30. The van der Waals surface area contributed by atoms with Crippen LogP contribution in [0.4, 0.5) is 0 Å². The second-order valence-electron chi connectivity index (χ2n) is 0.217. The third-order valence-corrected chi connectivity index (χ3v) is 0. The molecule has 6 heavy (non-hydrogen) atoms. The molecule has 0 aliphatic rings. The van der Waals surface area contributed by atoms with Crippen molar-refractivity contribution in [2.45, 2.75) is 0 Å². The molecule has 0 rings (SSSR count). The van der Waals surface area contributed by atoms with Crippen LogP contribution in [-0.4, -0.2) is 20.1 Å². The van der Waals surface area contributed by atoms with Gasteiger partial charge in [-0.25, -0.2) is 8.42 Å². The normalized spacial score (nSPS) is 9.67. The summed E-state index contributed by atoms with van der Waals surface area (Å²) in [6.45, 7) is 0. The summed E-state index contributed by atoms with van der Waals surface area (Å²) in [7, 11) is -4.28. The fourth-order valence-corrected chi connectivity index (χ4v) is 0. The maximum Gasteiger partial charge on any atom is 1.00 e. The minimum atomic E-state index is -3.42. The third kappa shape index (κ3) is 82.7. The molecule has 0 aromatic carbocycles. The average Bonchev–Trinajstić information content (AvgIpc) is 0.722. The topological polar surface area (TPSA) is 54.4 Å². The van der Waals surface area contributed by atoms with E-state index >= 15 is 0 Å². The average molecular weight is 118 g/mol. The summed E-state index contributed by atoms with van der Waals surface area (Å²) in [5, 5.41) is 0. The predicted octanol–water partition coefficient (Wildman–Crippen LogP) is -4.84. The molecule has 0 aliphatic heterocycles. The van der Waals surface area contributed by atoms with Crippen molar-refractivity contribution in [2.24, 2.45) is 0 Å². The van der Waals surface area contributed by atoms with Crippen LogP contribution in [0.1, 0.15) is 0 Å². The number of rotatable bonds is 0. The summed E-state index contributed by atoms with van der Waals surface area (Å²) in [4.78, 5) is 0. The van der Waals surface area contributed by atoms with Gasteiger partial charge in [-0.2, -0.15) is 0 Å². The van der Waals surface area contributed by atoms with Gasteiger partial charge >= 0.3 is 29.6 Å². The molecule has 0 aliphatic carbocycles. The van der Waals surface area contributed by atoms with E-state index in [1.165, 1.54) is 0 Å². The molecule has 3 nitrogen and oxygen atoms in total. The minimum Gasteiger partial charge on any atom is -0.318 e. The summed E-state index contributed by atoms with van der Waals surface area (Å²) in [6, 6.07) is 0. The molecule has 0 radical (unpaired) electrons. The molecule has 0 fully saturated rings. The Morgan fingerprint density at radius 2 is 1.50 bits per heavy atom. The first-order chi connectivity index (χ1) is 2.00. The van der Waals surface area contributed by atoms with Crippen molar-refractivity contribution in [3.63, 3.8) is 0 Å². The quantitative estimate of drug-likeness (QED) is 0.256. The van der Waals surface area contributed by atoms with Gasteiger partial charge in [0.15, 0.2) is 0 Å². The fourth-order valence-electron chi connectivity index (χ4n) is 0. The summed E-state index contributed by atoms with van der Waals surface area (Å²) < 4.78 is 26.2. The Kier molecular flexibility index (Phi) is 5.10. The van der Waals surface area contributed by atoms with E-state index in [0.717, 1.165) is 0 Å². The molecule has 0 unspecified atom stereocenters. The zero-order valence-corrected chi connectivity index (χ0v) is 5.49. The van der Waals surface area contributed by atoms with Gasteiger partial charge in [-0.15, -0.1) is 0 Å². The van der Waals surface area contributed by atoms with Crippen LogP contribution in [0.3, 0.4) is 0 Å². The summed E-state index contributed by atoms with van der Waals surface area (Å²) in [6.07, 6.45) is 0. The molecular weight excluding hydrogens is 114 g/mol. The van der Waals surface area contributed by atoms with Crippen molar-refractivity contribution in [2.75, 3.05) is 0 Å². The first-order valence-corrected chi connectivity index (χ1v) is 1.55. The standard InChI is InChI=1S/BH4O3S.Na/c1-5(2,3)4;/h1H3,(H,2,3,4);/q-1;+1. The van der Waals surface area contributed by atoms with E-state index in [0.29, 0.717) is 0 Å². The smallest absolute Gasteiger partial charge is 0.318 e. The van der Waals surface area contributed by atoms with Gasteiger partial charge in [0.25, 0.3) is 0 Å². The van der Waals surface area contributed by atoms with Gasteiger partial charge in [-0.1, -0.05) is 0 Å². The molecular formula is H4BNaO3S. The van der Waals surface area contributed by atoms with Crippen LogP contribution in [0.5, 0.6) is 0 Å². The van der Waals surface area contributed by atoms with Crippen LogP contribution in [0, 0.1) is 0 Å². The zero-order chi connectivity index (χ0) is 4.50. The number of hydrogen-bond donors (Lipinski definition) is 1. The van der Waals surface area contributed by atoms with Crippen molar-refractivity contribution in [1.29, 1.82) is 0 Å². The number of hydrogen-bond acceptors (Lipinski definition) is 2. The summed E-state index contributed by atoms with van der Waals surface area (Å²) >= 11 is 0. The Balaban J connectivity index is 0. The molecule has 0 aromatic heterocycles. The second-order valence-corrected chi connectivity index (χ2v) is 0.651. The van der Waals surface area contributed by atoms with Crippen molar-refractivity contribution in [1.82, 2.24) is 0 Å². The van der Waals surface area contributed by atoms with Gasteiger partial charge in [-0.3, -0.25) is 0 Å². The molecule has 0 saturated carbocycles. The molecule has 0 heterocycles. The zero-order valence-electron chi connectivity index (χ0n) is 2.67. The first-order valence-electron chi connectivity index (χ1n) is 0.516. The van der Waals surface area contributed by atoms with Gasteiger partial charge in [0, 0.05) is 0 Å². The Morgan fingerprint density at radius 1 is 1.50 bits per heavy atom. The fraction of sp³-hybridized carbons (Fsp3) is 0. The Hall–Kier alpha value is 0.975. The van der Waals surface area contributed by atoms with E-state index in [-0.39, 0.29) is 29.6 Å². The van der Waals surface area contributed by atoms with Crippen molar-refractivity contribution >= 4 is 17.1 Å². The van der Waals surface area contributed by atoms with Gasteiger partial charge in [-0.05, 0) is 0 Å². The minimum absolute atomic E-state index is 0. The van der Waals surface area contributed by atoms with E-state index in [1.54, 1.807) is 0 Å². The molecule has 0 amide bonds. The first kappa shape index (κ1) is 10.1. The van der Waals surface area contributed by atoms with E-state index in [2.05, 4.69) is 0 Å². The molecule has 0 saturated heterocycles. The van der Waals surface area contributed by atoms with Crippen LogP contribution in [0.15, 0.2) is 0 Å². The van der Waals surface area contributed by atoms with Crippen LogP contribution >= 0.6 is 0 Å². The van der Waals surface area contributed by atoms with Crippen molar-refractivity contribution < 1.29 is 42.5 Å². The monoisotopic (exact) mass is 118 g/mol. The third-order valence-electron chi connectivity index (χ3n) is 0. The van der Waals surface area contributed by atoms with Crippen molar-refractivity contribution in [3.8, 4) is 0 Å². The summed E-state index contributed by atoms with van der Waals surface area (Å²) in [5.41, 5.74) is 0. The van der Waals surface area contributed by atoms with Gasteiger partial charge in [0.1, 0.15) is 7.12 Å². The van der Waals surface area contributed by atoms with Crippen LogP contribution in [0.2, 0.25) is 0 Å². The Morgan fingerprint density at radius 3 is 1.50 bits per heavy atom. The Bertz CT molecular complexity index is 94.0. The molecule has 32 valence electrons. The predicted molar refractivity (Wildman–Crippen MR) is 21.5 cm³/mol. The maximum absolute atomic E-state index is 9.30.